The zero-order valence-corrected chi connectivity index (χ0v) is 17.1. The quantitative estimate of drug-likeness (QED) is 0.820. The number of piperidine rings is 1. The zero-order valence-electron chi connectivity index (χ0n) is 16.3. The van der Waals surface area contributed by atoms with Crippen molar-refractivity contribution in [1.82, 2.24) is 9.62 Å². The van der Waals surface area contributed by atoms with E-state index < -0.39 is 10.0 Å². The van der Waals surface area contributed by atoms with Crippen LogP contribution in [0.3, 0.4) is 0 Å². The average Bonchev–Trinajstić information content (AvgIpc) is 2.57. The number of nitrogens with one attached hydrogen (secondary N) is 1. The van der Waals surface area contributed by atoms with Gasteiger partial charge in [0.05, 0.1) is 11.5 Å². The fourth-order valence-corrected chi connectivity index (χ4v) is 4.98. The Bertz CT molecular complexity index is 753. The number of hydrogen-bond donors (Lipinski definition) is 1. The van der Waals surface area contributed by atoms with Crippen molar-refractivity contribution in [1.29, 1.82) is 0 Å². The van der Waals surface area contributed by atoms with Gasteiger partial charge in [-0.3, -0.25) is 4.79 Å². The van der Waals surface area contributed by atoms with E-state index in [1.54, 1.807) is 24.4 Å². The molecule has 0 aromatic heterocycles. The number of rotatable bonds is 6. The highest BCUT2D eigenvalue weighted by atomic mass is 32.2. The molecule has 1 aliphatic heterocycles. The van der Waals surface area contributed by atoms with Crippen LogP contribution in [0.15, 0.2) is 17.0 Å². The summed E-state index contributed by atoms with van der Waals surface area (Å²) in [6, 6.07) is 3.09. The summed E-state index contributed by atoms with van der Waals surface area (Å²) in [5, 5.41) is 2.84. The van der Waals surface area contributed by atoms with E-state index in [0.717, 1.165) is 18.4 Å². The van der Waals surface area contributed by atoms with Gasteiger partial charge in [-0.15, -0.1) is 0 Å². The molecule has 0 radical (unpaired) electrons. The van der Waals surface area contributed by atoms with Gasteiger partial charge in [-0.25, -0.2) is 8.42 Å². The number of ether oxygens (including phenoxy) is 1. The molecule has 1 aromatic carbocycles. The molecule has 1 atom stereocenters. The maximum absolute atomic E-state index is 13.1. The minimum Gasteiger partial charge on any atom is -0.383 e. The molecule has 1 unspecified atom stereocenters. The van der Waals surface area contributed by atoms with Crippen LogP contribution < -0.4 is 5.32 Å². The molecule has 2 rings (SSSR count). The van der Waals surface area contributed by atoms with Crippen molar-refractivity contribution in [3.63, 3.8) is 0 Å². The molecule has 1 aromatic rings. The Balaban J connectivity index is 2.34. The first kappa shape index (κ1) is 20.9. The molecule has 1 saturated heterocycles. The van der Waals surface area contributed by atoms with Gasteiger partial charge in [-0.1, -0.05) is 6.92 Å². The van der Waals surface area contributed by atoms with Crippen molar-refractivity contribution in [2.24, 2.45) is 5.92 Å². The minimum atomic E-state index is -3.60. The van der Waals surface area contributed by atoms with E-state index in [1.807, 2.05) is 13.8 Å². The topological polar surface area (TPSA) is 75.7 Å². The van der Waals surface area contributed by atoms with Crippen LogP contribution in [-0.4, -0.2) is 51.5 Å². The minimum absolute atomic E-state index is 0.155. The Morgan fingerprint density at radius 3 is 2.50 bits per heavy atom. The van der Waals surface area contributed by atoms with Gasteiger partial charge in [0.15, 0.2) is 0 Å². The lowest BCUT2D eigenvalue weighted by molar-refractivity contribution is 0.0905. The zero-order chi connectivity index (χ0) is 19.5. The number of sulfonamides is 1. The first-order valence-electron chi connectivity index (χ1n) is 9.08. The summed E-state index contributed by atoms with van der Waals surface area (Å²) in [6.45, 7) is 9.08. The summed E-state index contributed by atoms with van der Waals surface area (Å²) >= 11 is 0. The van der Waals surface area contributed by atoms with Gasteiger partial charge in [0, 0.05) is 31.8 Å². The summed E-state index contributed by atoms with van der Waals surface area (Å²) in [5.74, 6) is 0.255. The molecular formula is C19H30N2O4S. The van der Waals surface area contributed by atoms with Gasteiger partial charge >= 0.3 is 0 Å². The van der Waals surface area contributed by atoms with E-state index in [0.29, 0.717) is 36.7 Å². The smallest absolute Gasteiger partial charge is 0.251 e. The SMILES string of the molecule is COCC(C)NC(=O)c1cc(C)c(C)c(S(=O)(=O)N2CCC(C)CC2)c1. The highest BCUT2D eigenvalue weighted by molar-refractivity contribution is 7.89. The summed E-state index contributed by atoms with van der Waals surface area (Å²) in [7, 11) is -2.03. The second-order valence-electron chi connectivity index (χ2n) is 7.33. The van der Waals surface area contributed by atoms with Crippen molar-refractivity contribution >= 4 is 15.9 Å². The van der Waals surface area contributed by atoms with Crippen LogP contribution in [0, 0.1) is 19.8 Å². The fourth-order valence-electron chi connectivity index (χ4n) is 3.19. The van der Waals surface area contributed by atoms with Gasteiger partial charge in [-0.2, -0.15) is 4.31 Å². The Morgan fingerprint density at radius 2 is 1.92 bits per heavy atom. The molecule has 26 heavy (non-hydrogen) atoms. The summed E-state index contributed by atoms with van der Waals surface area (Å²) < 4.78 is 32.9. The third kappa shape index (κ3) is 4.64. The first-order valence-corrected chi connectivity index (χ1v) is 10.5. The molecule has 0 spiro atoms. The van der Waals surface area contributed by atoms with Crippen LogP contribution in [0.1, 0.15) is 48.2 Å². The number of carbonyl (C=O) groups excluding carboxylic acids is 1. The molecule has 6 nitrogen and oxygen atoms in total. The molecule has 7 heteroatoms. The molecule has 146 valence electrons. The highest BCUT2D eigenvalue weighted by Crippen LogP contribution is 2.28. The maximum atomic E-state index is 13.1. The predicted octanol–water partition coefficient (Wildman–Crippen LogP) is 2.49. The number of aryl methyl sites for hydroxylation is 1. The molecule has 0 saturated carbocycles. The standard InChI is InChI=1S/C19H30N2O4S/c1-13-6-8-21(9-7-13)26(23,24)18-11-17(10-14(2)16(18)4)19(22)20-15(3)12-25-5/h10-11,13,15H,6-9,12H2,1-5H3,(H,20,22). The van der Waals surface area contributed by atoms with Crippen molar-refractivity contribution in [2.45, 2.75) is 51.5 Å². The maximum Gasteiger partial charge on any atom is 0.251 e. The largest absolute Gasteiger partial charge is 0.383 e. The number of methoxy groups -OCH3 is 1. The lowest BCUT2D eigenvalue weighted by Gasteiger charge is -2.30. The van der Waals surface area contributed by atoms with Gasteiger partial charge in [0.25, 0.3) is 5.91 Å². The van der Waals surface area contributed by atoms with Crippen LogP contribution in [0.4, 0.5) is 0 Å². The highest BCUT2D eigenvalue weighted by Gasteiger charge is 2.30. The van der Waals surface area contributed by atoms with Gasteiger partial charge in [0.1, 0.15) is 0 Å². The Kier molecular flexibility index (Phi) is 6.82. The molecule has 0 bridgehead atoms. The summed E-state index contributed by atoms with van der Waals surface area (Å²) in [6.07, 6.45) is 1.73. The number of nitrogens with zero attached hydrogens (tertiary/aromatic N) is 1. The van der Waals surface area contributed by atoms with Crippen LogP contribution >= 0.6 is 0 Å². The monoisotopic (exact) mass is 382 g/mol. The molecule has 1 fully saturated rings. The van der Waals surface area contributed by atoms with Crippen LogP contribution in [0.5, 0.6) is 0 Å². The molecule has 1 heterocycles. The van der Waals surface area contributed by atoms with Gasteiger partial charge < -0.3 is 10.1 Å². The number of benzene rings is 1. The lowest BCUT2D eigenvalue weighted by Crippen LogP contribution is -2.38. The van der Waals surface area contributed by atoms with E-state index in [2.05, 4.69) is 12.2 Å². The van der Waals surface area contributed by atoms with Crippen molar-refractivity contribution in [3.05, 3.63) is 28.8 Å². The van der Waals surface area contributed by atoms with Gasteiger partial charge in [0.2, 0.25) is 10.0 Å². The predicted molar refractivity (Wildman–Crippen MR) is 102 cm³/mol. The molecular weight excluding hydrogens is 352 g/mol. The van der Waals surface area contributed by atoms with Gasteiger partial charge in [-0.05, 0) is 62.8 Å². The molecule has 1 N–H and O–H groups in total. The van der Waals surface area contributed by atoms with Crippen molar-refractivity contribution in [2.75, 3.05) is 26.8 Å². The Labute approximate surface area is 157 Å². The average molecular weight is 383 g/mol. The fraction of sp³-hybridized carbons (Fsp3) is 0.632. The normalized spacial score (nSPS) is 17.9. The second kappa shape index (κ2) is 8.50. The molecule has 1 amide bonds. The van der Waals surface area contributed by atoms with Crippen molar-refractivity contribution < 1.29 is 17.9 Å². The number of amides is 1. The van der Waals surface area contributed by atoms with Crippen LogP contribution in [-0.2, 0) is 14.8 Å². The summed E-state index contributed by atoms with van der Waals surface area (Å²) in [5.41, 5.74) is 1.85. The Hall–Kier alpha value is -1.44. The van der Waals surface area contributed by atoms with E-state index in [9.17, 15) is 13.2 Å². The third-order valence-electron chi connectivity index (χ3n) is 5.04. The van der Waals surface area contributed by atoms with Crippen LogP contribution in [0.2, 0.25) is 0 Å². The number of hydrogen-bond acceptors (Lipinski definition) is 4. The van der Waals surface area contributed by atoms with E-state index >= 15 is 0 Å². The second-order valence-corrected chi connectivity index (χ2v) is 9.24. The lowest BCUT2D eigenvalue weighted by atomic mass is 10.0. The van der Waals surface area contributed by atoms with E-state index in [-0.39, 0.29) is 16.8 Å². The Morgan fingerprint density at radius 1 is 1.31 bits per heavy atom. The third-order valence-corrected chi connectivity index (χ3v) is 7.06. The number of carbonyl (C=O) groups is 1. The molecule has 0 aliphatic carbocycles. The van der Waals surface area contributed by atoms with Crippen LogP contribution in [0.25, 0.3) is 0 Å². The van der Waals surface area contributed by atoms with E-state index in [1.165, 1.54) is 6.07 Å². The molecule has 1 aliphatic rings. The van der Waals surface area contributed by atoms with E-state index in [4.69, 9.17) is 4.74 Å². The summed E-state index contributed by atoms with van der Waals surface area (Å²) in [4.78, 5) is 12.7. The van der Waals surface area contributed by atoms with Crippen molar-refractivity contribution in [3.8, 4) is 0 Å². The first-order chi connectivity index (χ1) is 12.2.